The number of ether oxygens (including phenoxy) is 1. The third kappa shape index (κ3) is 5.09. The molecular weight excluding hydrogens is 478 g/mol. The van der Waals surface area contributed by atoms with E-state index in [-0.39, 0.29) is 29.6 Å². The second-order valence-corrected chi connectivity index (χ2v) is 11.6. The monoisotopic (exact) mass is 517 g/mol. The average Bonchev–Trinajstić information content (AvgIpc) is 3.51. The SMILES string of the molecule is CCCCCNC(=O)C1N(CCCCO)C(=O)[C@@H]2[C@@H](C(=O)Nc3ccc(OCC)cc3)[C@H]3CCC12S3. The Kier molecular flexibility index (Phi) is 8.83. The normalized spacial score (nSPS) is 28.3. The van der Waals surface area contributed by atoms with Gasteiger partial charge in [-0.3, -0.25) is 14.4 Å². The van der Waals surface area contributed by atoms with Gasteiger partial charge in [0, 0.05) is 30.6 Å². The van der Waals surface area contributed by atoms with Crippen LogP contribution in [0.4, 0.5) is 5.69 Å². The number of carbonyl (C=O) groups excluding carboxylic acids is 3. The number of hydrogen-bond acceptors (Lipinski definition) is 6. The van der Waals surface area contributed by atoms with Crippen molar-refractivity contribution in [3.8, 4) is 5.75 Å². The summed E-state index contributed by atoms with van der Waals surface area (Å²) in [6.07, 6.45) is 5.80. The van der Waals surface area contributed by atoms with Crippen LogP contribution in [0.1, 0.15) is 58.8 Å². The molecule has 3 heterocycles. The van der Waals surface area contributed by atoms with Crippen LogP contribution in [-0.2, 0) is 14.4 Å². The van der Waals surface area contributed by atoms with Crippen LogP contribution >= 0.6 is 11.8 Å². The van der Waals surface area contributed by atoms with Crippen LogP contribution in [0.2, 0.25) is 0 Å². The summed E-state index contributed by atoms with van der Waals surface area (Å²) in [7, 11) is 0. The van der Waals surface area contributed by atoms with Crippen molar-refractivity contribution in [2.45, 2.75) is 74.8 Å². The molecule has 1 aromatic rings. The zero-order valence-electron chi connectivity index (χ0n) is 21.3. The first-order valence-electron chi connectivity index (χ1n) is 13.4. The first kappa shape index (κ1) is 26.8. The number of carbonyl (C=O) groups is 3. The number of likely N-dealkylation sites (tertiary alicyclic amines) is 1. The molecule has 0 saturated carbocycles. The van der Waals surface area contributed by atoms with Crippen LogP contribution in [-0.4, -0.2) is 70.1 Å². The maximum atomic E-state index is 13.8. The average molecular weight is 518 g/mol. The highest BCUT2D eigenvalue weighted by Crippen LogP contribution is 2.66. The predicted octanol–water partition coefficient (Wildman–Crippen LogP) is 3.19. The Bertz CT molecular complexity index is 942. The lowest BCUT2D eigenvalue weighted by Crippen LogP contribution is -2.53. The number of aliphatic hydroxyl groups excluding tert-OH is 1. The van der Waals surface area contributed by atoms with Crippen molar-refractivity contribution < 1.29 is 24.2 Å². The number of anilines is 1. The van der Waals surface area contributed by atoms with Gasteiger partial charge in [0.25, 0.3) is 0 Å². The molecule has 2 bridgehead atoms. The molecule has 8 nitrogen and oxygen atoms in total. The first-order chi connectivity index (χ1) is 17.5. The molecule has 0 aliphatic carbocycles. The topological polar surface area (TPSA) is 108 Å². The molecule has 3 aliphatic heterocycles. The number of fused-ring (bicyclic) bond motifs is 1. The van der Waals surface area contributed by atoms with Crippen molar-refractivity contribution in [3.05, 3.63) is 24.3 Å². The fraction of sp³-hybridized carbons (Fsp3) is 0.667. The number of unbranched alkanes of at least 4 members (excludes halogenated alkanes) is 3. The van der Waals surface area contributed by atoms with Crippen LogP contribution in [0, 0.1) is 11.8 Å². The zero-order valence-corrected chi connectivity index (χ0v) is 22.1. The van der Waals surface area contributed by atoms with Crippen LogP contribution in [0.3, 0.4) is 0 Å². The zero-order chi connectivity index (χ0) is 25.7. The molecule has 0 radical (unpaired) electrons. The Morgan fingerprint density at radius 1 is 1.14 bits per heavy atom. The van der Waals surface area contributed by atoms with E-state index in [1.54, 1.807) is 16.7 Å². The molecule has 3 fully saturated rings. The van der Waals surface area contributed by atoms with E-state index in [0.717, 1.165) is 37.9 Å². The maximum absolute atomic E-state index is 13.8. The van der Waals surface area contributed by atoms with E-state index >= 15 is 0 Å². The van der Waals surface area contributed by atoms with E-state index < -0.39 is 22.6 Å². The lowest BCUT2D eigenvalue weighted by atomic mass is 9.70. The van der Waals surface area contributed by atoms with Crippen LogP contribution in [0.5, 0.6) is 5.75 Å². The minimum atomic E-state index is -0.575. The molecule has 4 rings (SSSR count). The highest BCUT2D eigenvalue weighted by Gasteiger charge is 2.73. The minimum Gasteiger partial charge on any atom is -0.494 e. The van der Waals surface area contributed by atoms with Crippen molar-refractivity contribution in [2.75, 3.05) is 31.6 Å². The molecule has 198 valence electrons. The van der Waals surface area contributed by atoms with Gasteiger partial charge in [0.15, 0.2) is 0 Å². The van der Waals surface area contributed by atoms with Gasteiger partial charge in [0.1, 0.15) is 11.8 Å². The second kappa shape index (κ2) is 11.9. The molecule has 1 aromatic carbocycles. The number of nitrogens with one attached hydrogen (secondary N) is 2. The fourth-order valence-corrected chi connectivity index (χ4v) is 8.32. The van der Waals surface area contributed by atoms with Gasteiger partial charge < -0.3 is 25.4 Å². The van der Waals surface area contributed by atoms with Crippen LogP contribution < -0.4 is 15.4 Å². The van der Waals surface area contributed by atoms with Crippen molar-refractivity contribution in [2.24, 2.45) is 11.8 Å². The number of rotatable bonds is 13. The van der Waals surface area contributed by atoms with E-state index in [4.69, 9.17) is 4.74 Å². The van der Waals surface area contributed by atoms with Crippen molar-refractivity contribution >= 4 is 35.2 Å². The third-order valence-corrected chi connectivity index (χ3v) is 9.62. The molecule has 3 saturated heterocycles. The molecule has 36 heavy (non-hydrogen) atoms. The van der Waals surface area contributed by atoms with Gasteiger partial charge in [-0.2, -0.15) is 0 Å². The molecule has 9 heteroatoms. The summed E-state index contributed by atoms with van der Waals surface area (Å²) in [6.45, 7) is 5.68. The molecular formula is C27H39N3O5S. The predicted molar refractivity (Wildman–Crippen MR) is 141 cm³/mol. The Balaban J connectivity index is 1.54. The van der Waals surface area contributed by atoms with Gasteiger partial charge in [-0.15, -0.1) is 11.8 Å². The standard InChI is InChI=1S/C27H39N3O5S/c1-3-5-6-15-28-25(33)23-27-14-13-20(36-27)21(22(27)26(34)30(23)16-7-8-17-31)24(32)29-18-9-11-19(12-10-18)35-4-2/h9-12,20-23,31H,3-8,13-17H2,1-2H3,(H,28,33)(H,29,32)/t20-,21+,22+,23?,27?/m1/s1. The Morgan fingerprint density at radius 2 is 1.92 bits per heavy atom. The van der Waals surface area contributed by atoms with Crippen molar-refractivity contribution in [1.29, 1.82) is 0 Å². The number of thioether (sulfide) groups is 1. The van der Waals surface area contributed by atoms with Gasteiger partial charge in [0.2, 0.25) is 17.7 Å². The summed E-state index contributed by atoms with van der Waals surface area (Å²) >= 11 is 1.68. The minimum absolute atomic E-state index is 0.0247. The molecule has 1 spiro atoms. The molecule has 3 N–H and O–H groups in total. The third-order valence-electron chi connectivity index (χ3n) is 7.67. The first-order valence-corrected chi connectivity index (χ1v) is 14.2. The summed E-state index contributed by atoms with van der Waals surface area (Å²) in [5.74, 6) is -0.599. The Labute approximate surface area is 217 Å². The van der Waals surface area contributed by atoms with E-state index in [9.17, 15) is 19.5 Å². The largest absolute Gasteiger partial charge is 0.494 e. The summed E-state index contributed by atoms with van der Waals surface area (Å²) in [6, 6.07) is 6.68. The Morgan fingerprint density at radius 3 is 2.61 bits per heavy atom. The van der Waals surface area contributed by atoms with Gasteiger partial charge in [-0.05, 0) is 63.3 Å². The van der Waals surface area contributed by atoms with Gasteiger partial charge >= 0.3 is 0 Å². The van der Waals surface area contributed by atoms with Crippen LogP contribution in [0.15, 0.2) is 24.3 Å². The van der Waals surface area contributed by atoms with Gasteiger partial charge in [-0.25, -0.2) is 0 Å². The fourth-order valence-electron chi connectivity index (χ4n) is 6.10. The van der Waals surface area contributed by atoms with E-state index in [1.165, 1.54) is 0 Å². The van der Waals surface area contributed by atoms with E-state index in [1.807, 2.05) is 31.2 Å². The van der Waals surface area contributed by atoms with Gasteiger partial charge in [-0.1, -0.05) is 19.8 Å². The number of hydrogen-bond donors (Lipinski definition) is 3. The van der Waals surface area contributed by atoms with Crippen LogP contribution in [0.25, 0.3) is 0 Å². The summed E-state index contributed by atoms with van der Waals surface area (Å²) < 4.78 is 4.91. The lowest BCUT2D eigenvalue weighted by Gasteiger charge is -2.34. The summed E-state index contributed by atoms with van der Waals surface area (Å²) in [5.41, 5.74) is 0.667. The van der Waals surface area contributed by atoms with E-state index in [2.05, 4.69) is 17.6 Å². The van der Waals surface area contributed by atoms with E-state index in [0.29, 0.717) is 38.2 Å². The maximum Gasteiger partial charge on any atom is 0.244 e. The Hall–Kier alpha value is -2.26. The molecule has 3 aliphatic rings. The highest BCUT2D eigenvalue weighted by atomic mass is 32.2. The second-order valence-electron chi connectivity index (χ2n) is 9.96. The lowest BCUT2D eigenvalue weighted by molar-refractivity contribution is -0.139. The number of nitrogens with zero attached hydrogens (tertiary/aromatic N) is 1. The van der Waals surface area contributed by atoms with Crippen molar-refractivity contribution in [3.63, 3.8) is 0 Å². The highest BCUT2D eigenvalue weighted by molar-refractivity contribution is 8.02. The molecule has 5 atom stereocenters. The molecule has 2 unspecified atom stereocenters. The molecule has 0 aromatic heterocycles. The number of amides is 3. The smallest absolute Gasteiger partial charge is 0.244 e. The quantitative estimate of drug-likeness (QED) is 0.347. The summed E-state index contributed by atoms with van der Waals surface area (Å²) in [5, 5.41) is 15.4. The van der Waals surface area contributed by atoms with Crippen molar-refractivity contribution in [1.82, 2.24) is 10.2 Å². The number of benzene rings is 1. The number of aliphatic hydroxyl groups is 1. The van der Waals surface area contributed by atoms with Gasteiger partial charge in [0.05, 0.1) is 23.2 Å². The summed E-state index contributed by atoms with van der Waals surface area (Å²) in [4.78, 5) is 42.5. The molecule has 3 amide bonds.